The van der Waals surface area contributed by atoms with Crippen LogP contribution in [0.5, 0.6) is 5.75 Å². The summed E-state index contributed by atoms with van der Waals surface area (Å²) in [6, 6.07) is 11.6. The Balaban J connectivity index is 1.92. The van der Waals surface area contributed by atoms with E-state index in [0.29, 0.717) is 10.7 Å². The second kappa shape index (κ2) is 6.37. The maximum absolute atomic E-state index is 12.5. The van der Waals surface area contributed by atoms with E-state index in [1.165, 1.54) is 0 Å². The van der Waals surface area contributed by atoms with Crippen molar-refractivity contribution in [1.82, 2.24) is 5.32 Å². The highest BCUT2D eigenvalue weighted by Crippen LogP contribution is 2.26. The minimum Gasteiger partial charge on any atom is -0.496 e. The van der Waals surface area contributed by atoms with Crippen molar-refractivity contribution in [3.05, 3.63) is 64.3 Å². The number of methoxy groups -OCH3 is 1. The number of nitrogens with one attached hydrogen (secondary N) is 1. The molecule has 2 aromatic carbocycles. The van der Waals surface area contributed by atoms with Crippen molar-refractivity contribution in [2.45, 2.75) is 6.92 Å². The summed E-state index contributed by atoms with van der Waals surface area (Å²) in [4.78, 5) is 25.8. The molecule has 0 aromatic heterocycles. The van der Waals surface area contributed by atoms with E-state index in [9.17, 15) is 9.59 Å². The number of rotatable bonds is 3. The summed E-state index contributed by atoms with van der Waals surface area (Å²) in [5.41, 5.74) is 2.38. The molecule has 1 saturated heterocycles. The van der Waals surface area contributed by atoms with E-state index in [1.807, 2.05) is 25.1 Å². The minimum absolute atomic E-state index is 0.213. The normalized spacial score (nSPS) is 15.8. The molecule has 24 heavy (non-hydrogen) atoms. The van der Waals surface area contributed by atoms with Crippen LogP contribution in [-0.2, 0) is 4.79 Å². The van der Waals surface area contributed by atoms with E-state index < -0.39 is 11.9 Å². The number of halogens is 1. The molecule has 6 heteroatoms. The Bertz CT molecular complexity index is 861. The molecule has 5 nitrogen and oxygen atoms in total. The Kier molecular flexibility index (Phi) is 4.27. The lowest BCUT2D eigenvalue weighted by atomic mass is 10.1. The number of carbonyl (C=O) groups is 2. The maximum atomic E-state index is 12.5. The zero-order valence-corrected chi connectivity index (χ0v) is 13.9. The Hall–Kier alpha value is -2.79. The van der Waals surface area contributed by atoms with Gasteiger partial charge in [-0.1, -0.05) is 23.7 Å². The number of aryl methyl sites for hydroxylation is 1. The summed E-state index contributed by atoms with van der Waals surface area (Å²) in [6.45, 7) is 1.91. The fraction of sp³-hybridized carbons (Fsp3) is 0.111. The van der Waals surface area contributed by atoms with Crippen LogP contribution >= 0.6 is 11.6 Å². The van der Waals surface area contributed by atoms with Gasteiger partial charge in [-0.25, -0.2) is 9.69 Å². The Morgan fingerprint density at radius 3 is 2.62 bits per heavy atom. The summed E-state index contributed by atoms with van der Waals surface area (Å²) in [5.74, 6) is 0.343. The third kappa shape index (κ3) is 2.98. The van der Waals surface area contributed by atoms with Crippen molar-refractivity contribution in [2.75, 3.05) is 12.0 Å². The lowest BCUT2D eigenvalue weighted by Gasteiger charge is -2.11. The van der Waals surface area contributed by atoms with Gasteiger partial charge in [0, 0.05) is 5.02 Å². The molecule has 1 aliphatic heterocycles. The fourth-order valence-corrected chi connectivity index (χ4v) is 2.73. The van der Waals surface area contributed by atoms with E-state index in [4.69, 9.17) is 16.3 Å². The summed E-state index contributed by atoms with van der Waals surface area (Å²) >= 11 is 5.93. The second-order valence-electron chi connectivity index (χ2n) is 5.34. The van der Waals surface area contributed by atoms with Gasteiger partial charge >= 0.3 is 6.03 Å². The first-order chi connectivity index (χ1) is 11.5. The van der Waals surface area contributed by atoms with E-state index >= 15 is 0 Å². The van der Waals surface area contributed by atoms with Crippen molar-refractivity contribution >= 4 is 35.3 Å². The average molecular weight is 343 g/mol. The Morgan fingerprint density at radius 2 is 1.96 bits per heavy atom. The number of carbonyl (C=O) groups excluding carboxylic acids is 2. The van der Waals surface area contributed by atoms with Gasteiger partial charge in [-0.15, -0.1) is 0 Å². The van der Waals surface area contributed by atoms with Crippen LogP contribution in [0.15, 0.2) is 48.2 Å². The largest absolute Gasteiger partial charge is 0.496 e. The SMILES string of the molecule is COc1ccc(C=C2NC(=O)N(c3cccc(Cl)c3)C2=O)cc1C. The summed E-state index contributed by atoms with van der Waals surface area (Å²) in [6.07, 6.45) is 1.64. The predicted octanol–water partition coefficient (Wildman–Crippen LogP) is 3.75. The number of urea groups is 1. The van der Waals surface area contributed by atoms with Crippen LogP contribution in [0.1, 0.15) is 11.1 Å². The molecule has 0 bridgehead atoms. The molecular weight excluding hydrogens is 328 g/mol. The smallest absolute Gasteiger partial charge is 0.333 e. The number of nitrogens with zero attached hydrogens (tertiary/aromatic N) is 1. The van der Waals surface area contributed by atoms with Crippen LogP contribution in [-0.4, -0.2) is 19.0 Å². The third-order valence-corrected chi connectivity index (χ3v) is 3.91. The van der Waals surface area contributed by atoms with Crippen molar-refractivity contribution in [3.8, 4) is 5.75 Å². The highest BCUT2D eigenvalue weighted by atomic mass is 35.5. The molecule has 0 spiro atoms. The predicted molar refractivity (Wildman–Crippen MR) is 93.2 cm³/mol. The quantitative estimate of drug-likeness (QED) is 0.682. The van der Waals surface area contributed by atoms with Crippen LogP contribution in [0, 0.1) is 6.92 Å². The number of ether oxygens (including phenoxy) is 1. The molecule has 1 fully saturated rings. The molecule has 0 aliphatic carbocycles. The molecule has 0 radical (unpaired) electrons. The van der Waals surface area contributed by atoms with Crippen molar-refractivity contribution in [2.24, 2.45) is 0 Å². The van der Waals surface area contributed by atoms with Crippen molar-refractivity contribution in [3.63, 3.8) is 0 Å². The van der Waals surface area contributed by atoms with Crippen LogP contribution in [0.4, 0.5) is 10.5 Å². The molecule has 122 valence electrons. The van der Waals surface area contributed by atoms with E-state index in [-0.39, 0.29) is 5.70 Å². The van der Waals surface area contributed by atoms with E-state index in [2.05, 4.69) is 5.32 Å². The number of amides is 3. The van der Waals surface area contributed by atoms with Crippen molar-refractivity contribution in [1.29, 1.82) is 0 Å². The Morgan fingerprint density at radius 1 is 1.17 bits per heavy atom. The van der Waals surface area contributed by atoms with Crippen LogP contribution < -0.4 is 15.0 Å². The monoisotopic (exact) mass is 342 g/mol. The second-order valence-corrected chi connectivity index (χ2v) is 5.77. The first-order valence-corrected chi connectivity index (χ1v) is 7.65. The lowest BCUT2D eigenvalue weighted by Crippen LogP contribution is -2.30. The molecule has 3 rings (SSSR count). The molecule has 0 atom stereocenters. The van der Waals surface area contributed by atoms with Gasteiger partial charge in [-0.2, -0.15) is 0 Å². The number of imide groups is 1. The maximum Gasteiger partial charge on any atom is 0.333 e. The molecule has 0 unspecified atom stereocenters. The van der Waals surface area contributed by atoms with E-state index in [0.717, 1.165) is 21.8 Å². The standard InChI is InChI=1S/C18H15ClN2O3/c1-11-8-12(6-7-16(11)24-2)9-15-17(22)21(18(23)20-15)14-5-3-4-13(19)10-14/h3-10H,1-2H3,(H,20,23). The molecule has 1 heterocycles. The molecule has 1 aliphatic rings. The highest BCUT2D eigenvalue weighted by Gasteiger charge is 2.34. The van der Waals surface area contributed by atoms with Crippen LogP contribution in [0.25, 0.3) is 6.08 Å². The van der Waals surface area contributed by atoms with Crippen molar-refractivity contribution < 1.29 is 14.3 Å². The molecule has 2 aromatic rings. The lowest BCUT2D eigenvalue weighted by molar-refractivity contribution is -0.113. The molecule has 3 amide bonds. The molecular formula is C18H15ClN2O3. The third-order valence-electron chi connectivity index (χ3n) is 3.67. The first kappa shape index (κ1) is 16.1. The molecule has 1 N–H and O–H groups in total. The van der Waals surface area contributed by atoms with Gasteiger partial charge in [0.25, 0.3) is 5.91 Å². The summed E-state index contributed by atoms with van der Waals surface area (Å²) in [5, 5.41) is 3.05. The summed E-state index contributed by atoms with van der Waals surface area (Å²) in [7, 11) is 1.60. The van der Waals surface area contributed by atoms with Gasteiger partial charge in [0.2, 0.25) is 0 Å². The number of benzene rings is 2. The average Bonchev–Trinajstić information content (AvgIpc) is 2.81. The molecule has 0 saturated carbocycles. The Labute approximate surface area is 144 Å². The van der Waals surface area contributed by atoms with Gasteiger partial charge < -0.3 is 10.1 Å². The summed E-state index contributed by atoms with van der Waals surface area (Å²) < 4.78 is 5.22. The highest BCUT2D eigenvalue weighted by molar-refractivity contribution is 6.32. The minimum atomic E-state index is -0.501. The number of anilines is 1. The zero-order valence-electron chi connectivity index (χ0n) is 13.2. The number of hydrogen-bond acceptors (Lipinski definition) is 3. The topological polar surface area (TPSA) is 58.6 Å². The van der Waals surface area contributed by atoms with Crippen LogP contribution in [0.3, 0.4) is 0 Å². The first-order valence-electron chi connectivity index (χ1n) is 7.27. The van der Waals surface area contributed by atoms with Gasteiger partial charge in [-0.05, 0) is 54.5 Å². The van der Waals surface area contributed by atoms with Gasteiger partial charge in [0.1, 0.15) is 11.4 Å². The van der Waals surface area contributed by atoms with Gasteiger partial charge in [0.15, 0.2) is 0 Å². The fourth-order valence-electron chi connectivity index (χ4n) is 2.54. The number of hydrogen-bond donors (Lipinski definition) is 1. The van der Waals surface area contributed by atoms with Gasteiger partial charge in [-0.3, -0.25) is 4.79 Å². The van der Waals surface area contributed by atoms with Gasteiger partial charge in [0.05, 0.1) is 12.8 Å². The zero-order chi connectivity index (χ0) is 17.3. The van der Waals surface area contributed by atoms with Crippen LogP contribution in [0.2, 0.25) is 5.02 Å². The van der Waals surface area contributed by atoms with E-state index in [1.54, 1.807) is 37.5 Å².